The van der Waals surface area contributed by atoms with Crippen LogP contribution in [0.15, 0.2) is 12.3 Å². The second-order valence-electron chi connectivity index (χ2n) is 7.71. The standard InChI is InChI=1S/C18H26N8O2/c1-12(2)19-18(28)17-21-20-16-14-11-25(7-6-24(14)8-9-26(16)17)15(27)10-13-4-5-23(3)22-13/h4-5,12,14H,6-11H2,1-3H3,(H,19,28)/t14-/m1/s1. The first-order chi connectivity index (χ1) is 13.4. The van der Waals surface area contributed by atoms with Crippen LogP contribution in [0.25, 0.3) is 0 Å². The summed E-state index contributed by atoms with van der Waals surface area (Å²) in [5.41, 5.74) is 0.773. The highest BCUT2D eigenvalue weighted by Crippen LogP contribution is 2.28. The van der Waals surface area contributed by atoms with Gasteiger partial charge >= 0.3 is 0 Å². The average Bonchev–Trinajstić information content (AvgIpc) is 3.26. The van der Waals surface area contributed by atoms with Crippen LogP contribution in [0, 0.1) is 0 Å². The lowest BCUT2D eigenvalue weighted by molar-refractivity contribution is -0.134. The first-order valence-corrected chi connectivity index (χ1v) is 9.66. The number of hydrogen-bond donors (Lipinski definition) is 1. The van der Waals surface area contributed by atoms with Crippen LogP contribution in [0.3, 0.4) is 0 Å². The molecule has 1 saturated heterocycles. The van der Waals surface area contributed by atoms with Gasteiger partial charge in [0, 0.05) is 52.0 Å². The summed E-state index contributed by atoms with van der Waals surface area (Å²) in [5.74, 6) is 0.963. The van der Waals surface area contributed by atoms with Gasteiger partial charge in [0.1, 0.15) is 0 Å². The van der Waals surface area contributed by atoms with E-state index >= 15 is 0 Å². The molecular formula is C18H26N8O2. The summed E-state index contributed by atoms with van der Waals surface area (Å²) in [7, 11) is 1.84. The van der Waals surface area contributed by atoms with E-state index in [0.717, 1.165) is 24.6 Å². The van der Waals surface area contributed by atoms with Crippen molar-refractivity contribution in [2.75, 3.05) is 26.2 Å². The number of carbonyl (C=O) groups excluding carboxylic acids is 2. The van der Waals surface area contributed by atoms with Crippen LogP contribution in [-0.2, 0) is 24.8 Å². The highest BCUT2D eigenvalue weighted by Gasteiger charge is 2.38. The zero-order valence-corrected chi connectivity index (χ0v) is 16.5. The fourth-order valence-corrected chi connectivity index (χ4v) is 3.89. The maximum Gasteiger partial charge on any atom is 0.289 e. The summed E-state index contributed by atoms with van der Waals surface area (Å²) in [6.07, 6.45) is 2.14. The van der Waals surface area contributed by atoms with E-state index in [9.17, 15) is 9.59 Å². The zero-order chi connectivity index (χ0) is 19.8. The number of amides is 2. The number of rotatable bonds is 4. The van der Waals surface area contributed by atoms with Crippen LogP contribution in [0.5, 0.6) is 0 Å². The van der Waals surface area contributed by atoms with Crippen LogP contribution in [0.2, 0.25) is 0 Å². The number of nitrogens with one attached hydrogen (secondary N) is 1. The number of hydrogen-bond acceptors (Lipinski definition) is 6. The summed E-state index contributed by atoms with van der Waals surface area (Å²) in [6, 6.07) is 1.86. The van der Waals surface area contributed by atoms with Gasteiger partial charge in [0.2, 0.25) is 11.7 Å². The quantitative estimate of drug-likeness (QED) is 0.767. The Kier molecular flexibility index (Phi) is 4.88. The number of aromatic nitrogens is 5. The number of fused-ring (bicyclic) bond motifs is 3. The Morgan fingerprint density at radius 3 is 2.71 bits per heavy atom. The van der Waals surface area contributed by atoms with E-state index in [1.807, 2.05) is 42.6 Å². The fourth-order valence-electron chi connectivity index (χ4n) is 3.89. The molecule has 28 heavy (non-hydrogen) atoms. The minimum atomic E-state index is -0.207. The van der Waals surface area contributed by atoms with E-state index in [-0.39, 0.29) is 23.9 Å². The number of nitrogens with zero attached hydrogens (tertiary/aromatic N) is 7. The third-order valence-corrected chi connectivity index (χ3v) is 5.26. The van der Waals surface area contributed by atoms with Crippen molar-refractivity contribution in [3.8, 4) is 0 Å². The average molecular weight is 386 g/mol. The van der Waals surface area contributed by atoms with Crippen molar-refractivity contribution in [2.45, 2.75) is 38.9 Å². The smallest absolute Gasteiger partial charge is 0.289 e. The molecule has 10 heteroatoms. The summed E-state index contributed by atoms with van der Waals surface area (Å²) in [4.78, 5) is 29.3. The molecule has 1 N–H and O–H groups in total. The molecule has 0 bridgehead atoms. The van der Waals surface area contributed by atoms with Crippen molar-refractivity contribution in [1.29, 1.82) is 0 Å². The van der Waals surface area contributed by atoms with Gasteiger partial charge in [-0.3, -0.25) is 19.2 Å². The molecule has 2 aromatic heterocycles. The summed E-state index contributed by atoms with van der Waals surface area (Å²) in [6.45, 7) is 7.37. The molecule has 0 saturated carbocycles. The Morgan fingerprint density at radius 1 is 1.21 bits per heavy atom. The Labute approximate surface area is 163 Å². The van der Waals surface area contributed by atoms with Crippen molar-refractivity contribution < 1.29 is 9.59 Å². The zero-order valence-electron chi connectivity index (χ0n) is 16.5. The van der Waals surface area contributed by atoms with Gasteiger partial charge < -0.3 is 14.8 Å². The number of aryl methyl sites for hydroxylation is 1. The molecule has 4 heterocycles. The monoisotopic (exact) mass is 386 g/mol. The molecule has 150 valence electrons. The molecular weight excluding hydrogens is 360 g/mol. The predicted molar refractivity (Wildman–Crippen MR) is 100 cm³/mol. The Hall–Kier alpha value is -2.75. The highest BCUT2D eigenvalue weighted by atomic mass is 16.2. The van der Waals surface area contributed by atoms with Gasteiger partial charge in [-0.1, -0.05) is 0 Å². The Bertz CT molecular complexity index is 886. The molecule has 10 nitrogen and oxygen atoms in total. The van der Waals surface area contributed by atoms with Crippen LogP contribution in [-0.4, -0.2) is 78.4 Å². The van der Waals surface area contributed by atoms with Crippen molar-refractivity contribution in [1.82, 2.24) is 39.7 Å². The van der Waals surface area contributed by atoms with Gasteiger partial charge in [-0.15, -0.1) is 10.2 Å². The van der Waals surface area contributed by atoms with Crippen molar-refractivity contribution in [3.05, 3.63) is 29.6 Å². The minimum absolute atomic E-state index is 0.0370. The van der Waals surface area contributed by atoms with E-state index in [0.29, 0.717) is 31.9 Å². The molecule has 2 aliphatic heterocycles. The molecule has 0 aromatic carbocycles. The molecule has 1 atom stereocenters. The van der Waals surface area contributed by atoms with Crippen LogP contribution >= 0.6 is 0 Å². The van der Waals surface area contributed by atoms with Crippen molar-refractivity contribution in [2.24, 2.45) is 7.05 Å². The normalized spacial score (nSPS) is 19.4. The highest BCUT2D eigenvalue weighted by molar-refractivity contribution is 5.90. The van der Waals surface area contributed by atoms with E-state index in [2.05, 4.69) is 25.5 Å². The predicted octanol–water partition coefficient (Wildman–Crippen LogP) is -0.409. The van der Waals surface area contributed by atoms with Gasteiger partial charge in [0.15, 0.2) is 5.82 Å². The first kappa shape index (κ1) is 18.6. The minimum Gasteiger partial charge on any atom is -0.347 e. The second kappa shape index (κ2) is 7.34. The van der Waals surface area contributed by atoms with E-state index in [4.69, 9.17) is 0 Å². The lowest BCUT2D eigenvalue weighted by Gasteiger charge is -2.43. The lowest BCUT2D eigenvalue weighted by Crippen LogP contribution is -2.54. The maximum atomic E-state index is 12.7. The third-order valence-electron chi connectivity index (χ3n) is 5.26. The Morgan fingerprint density at radius 2 is 2.00 bits per heavy atom. The van der Waals surface area contributed by atoms with Crippen LogP contribution in [0.1, 0.15) is 42.0 Å². The van der Waals surface area contributed by atoms with Gasteiger partial charge in [-0.2, -0.15) is 5.10 Å². The van der Waals surface area contributed by atoms with Gasteiger partial charge in [-0.25, -0.2) is 0 Å². The molecule has 4 rings (SSSR count). The van der Waals surface area contributed by atoms with Gasteiger partial charge in [-0.05, 0) is 19.9 Å². The second-order valence-corrected chi connectivity index (χ2v) is 7.71. The Balaban J connectivity index is 1.50. The largest absolute Gasteiger partial charge is 0.347 e. The van der Waals surface area contributed by atoms with E-state index < -0.39 is 0 Å². The van der Waals surface area contributed by atoms with Gasteiger partial charge in [0.25, 0.3) is 5.91 Å². The van der Waals surface area contributed by atoms with Crippen LogP contribution in [0.4, 0.5) is 0 Å². The summed E-state index contributed by atoms with van der Waals surface area (Å²) >= 11 is 0. The van der Waals surface area contributed by atoms with Crippen molar-refractivity contribution in [3.63, 3.8) is 0 Å². The summed E-state index contributed by atoms with van der Waals surface area (Å²) in [5, 5.41) is 15.6. The summed E-state index contributed by atoms with van der Waals surface area (Å²) < 4.78 is 3.60. The van der Waals surface area contributed by atoms with Crippen LogP contribution < -0.4 is 5.32 Å². The molecule has 2 aromatic rings. The molecule has 0 spiro atoms. The molecule has 0 radical (unpaired) electrons. The van der Waals surface area contributed by atoms with Gasteiger partial charge in [0.05, 0.1) is 18.2 Å². The fraction of sp³-hybridized carbons (Fsp3) is 0.611. The molecule has 2 amide bonds. The first-order valence-electron chi connectivity index (χ1n) is 9.66. The number of carbonyl (C=O) groups is 2. The van der Waals surface area contributed by atoms with E-state index in [1.54, 1.807) is 4.68 Å². The number of piperazine rings is 1. The lowest BCUT2D eigenvalue weighted by atomic mass is 10.1. The maximum absolute atomic E-state index is 12.7. The molecule has 1 fully saturated rings. The van der Waals surface area contributed by atoms with E-state index in [1.165, 1.54) is 0 Å². The molecule has 2 aliphatic rings. The van der Waals surface area contributed by atoms with Crippen molar-refractivity contribution >= 4 is 11.8 Å². The third kappa shape index (κ3) is 3.51. The molecule has 0 unspecified atom stereocenters. The SMILES string of the molecule is CC(C)NC(=O)c1nnc2n1CCN1CCN(C(=O)Cc3ccn(C)n3)C[C@H]21. The molecule has 0 aliphatic carbocycles. The topological polar surface area (TPSA) is 101 Å².